The standard InChI is InChI=1S/C21H34N2O2/c1-19(2,3)15-8-10-17(11-9-15)25-14-18(24)22-16-12-20(4,5)23-21(6,7)13-16/h8-11,16,23H,12-14H2,1-7H3,(H,22,24). The van der Waals surface area contributed by atoms with Crippen molar-refractivity contribution in [2.24, 2.45) is 0 Å². The van der Waals surface area contributed by atoms with Crippen LogP contribution in [-0.2, 0) is 10.2 Å². The van der Waals surface area contributed by atoms with E-state index in [9.17, 15) is 4.79 Å². The highest BCUT2D eigenvalue weighted by Crippen LogP contribution is 2.28. The molecule has 0 spiro atoms. The van der Waals surface area contributed by atoms with Crippen molar-refractivity contribution >= 4 is 5.91 Å². The largest absolute Gasteiger partial charge is 0.484 e. The number of piperidine rings is 1. The smallest absolute Gasteiger partial charge is 0.258 e. The summed E-state index contributed by atoms with van der Waals surface area (Å²) in [5.41, 5.74) is 1.40. The van der Waals surface area contributed by atoms with Gasteiger partial charge in [0.05, 0.1) is 0 Å². The lowest BCUT2D eigenvalue weighted by molar-refractivity contribution is -0.124. The number of benzene rings is 1. The molecule has 1 heterocycles. The molecule has 4 heteroatoms. The van der Waals surface area contributed by atoms with E-state index in [2.05, 4.69) is 71.2 Å². The molecule has 0 unspecified atom stereocenters. The topological polar surface area (TPSA) is 50.4 Å². The summed E-state index contributed by atoms with van der Waals surface area (Å²) in [5.74, 6) is 0.674. The van der Waals surface area contributed by atoms with Gasteiger partial charge in [0.25, 0.3) is 5.91 Å². The summed E-state index contributed by atoms with van der Waals surface area (Å²) < 4.78 is 5.65. The summed E-state index contributed by atoms with van der Waals surface area (Å²) in [7, 11) is 0. The van der Waals surface area contributed by atoms with Gasteiger partial charge >= 0.3 is 0 Å². The average molecular weight is 347 g/mol. The molecule has 1 saturated heterocycles. The normalized spacial score (nSPS) is 20.1. The van der Waals surface area contributed by atoms with Gasteiger partial charge < -0.3 is 15.4 Å². The molecule has 1 aliphatic rings. The molecule has 1 fully saturated rings. The monoisotopic (exact) mass is 346 g/mol. The van der Waals surface area contributed by atoms with Crippen molar-refractivity contribution in [3.63, 3.8) is 0 Å². The van der Waals surface area contributed by atoms with Crippen molar-refractivity contribution in [3.05, 3.63) is 29.8 Å². The molecule has 2 rings (SSSR count). The third kappa shape index (κ3) is 6.03. The molecule has 1 aromatic rings. The summed E-state index contributed by atoms with van der Waals surface area (Å²) >= 11 is 0. The van der Waals surface area contributed by atoms with E-state index >= 15 is 0 Å². The van der Waals surface area contributed by atoms with Crippen LogP contribution in [0.3, 0.4) is 0 Å². The summed E-state index contributed by atoms with van der Waals surface area (Å²) in [6.45, 7) is 15.3. The maximum absolute atomic E-state index is 12.3. The van der Waals surface area contributed by atoms with Gasteiger partial charge in [-0.2, -0.15) is 0 Å². The third-order valence-corrected chi connectivity index (χ3v) is 4.65. The number of hydrogen-bond donors (Lipinski definition) is 2. The highest BCUT2D eigenvalue weighted by atomic mass is 16.5. The molecule has 0 atom stereocenters. The first kappa shape index (κ1) is 19.8. The van der Waals surface area contributed by atoms with Crippen LogP contribution < -0.4 is 15.4 Å². The van der Waals surface area contributed by atoms with Gasteiger partial charge in [0.1, 0.15) is 5.75 Å². The van der Waals surface area contributed by atoms with Crippen molar-refractivity contribution in [2.45, 2.75) is 83.8 Å². The summed E-state index contributed by atoms with van der Waals surface area (Å²) in [5, 5.41) is 6.76. The maximum atomic E-state index is 12.3. The number of amides is 1. The number of carbonyl (C=O) groups is 1. The molecule has 0 aromatic heterocycles. The van der Waals surface area contributed by atoms with Gasteiger partial charge in [0.2, 0.25) is 0 Å². The Hall–Kier alpha value is -1.55. The molecule has 0 radical (unpaired) electrons. The Morgan fingerprint density at radius 1 is 1.12 bits per heavy atom. The van der Waals surface area contributed by atoms with E-state index < -0.39 is 0 Å². The molecule has 140 valence electrons. The van der Waals surface area contributed by atoms with Gasteiger partial charge in [-0.3, -0.25) is 4.79 Å². The number of nitrogens with one attached hydrogen (secondary N) is 2. The zero-order chi connectivity index (χ0) is 18.9. The Balaban J connectivity index is 1.86. The van der Waals surface area contributed by atoms with E-state index in [0.29, 0.717) is 0 Å². The first-order valence-corrected chi connectivity index (χ1v) is 9.18. The van der Waals surface area contributed by atoms with E-state index in [1.807, 2.05) is 12.1 Å². The Labute approximate surface area is 152 Å². The van der Waals surface area contributed by atoms with Gasteiger partial charge in [-0.15, -0.1) is 0 Å². The minimum atomic E-state index is -0.0570. The Bertz CT molecular complexity index is 581. The van der Waals surface area contributed by atoms with Gasteiger partial charge in [0, 0.05) is 17.1 Å². The van der Waals surface area contributed by atoms with Crippen LogP contribution in [-0.4, -0.2) is 29.6 Å². The molecule has 1 aliphatic heterocycles. The highest BCUT2D eigenvalue weighted by molar-refractivity contribution is 5.77. The van der Waals surface area contributed by atoms with E-state index in [0.717, 1.165) is 18.6 Å². The fourth-order valence-electron chi connectivity index (χ4n) is 3.89. The van der Waals surface area contributed by atoms with E-state index in [1.54, 1.807) is 0 Å². The molecule has 0 aliphatic carbocycles. The van der Waals surface area contributed by atoms with Crippen molar-refractivity contribution in [1.29, 1.82) is 0 Å². The van der Waals surface area contributed by atoms with Gasteiger partial charge in [-0.1, -0.05) is 32.9 Å². The van der Waals surface area contributed by atoms with Crippen LogP contribution in [0.2, 0.25) is 0 Å². The van der Waals surface area contributed by atoms with Crippen molar-refractivity contribution in [3.8, 4) is 5.75 Å². The molecule has 2 N–H and O–H groups in total. The van der Waals surface area contributed by atoms with Crippen LogP contribution in [0.1, 0.15) is 66.9 Å². The molecular formula is C21H34N2O2. The highest BCUT2D eigenvalue weighted by Gasteiger charge is 2.38. The summed E-state index contributed by atoms with van der Waals surface area (Å²) in [6.07, 6.45) is 1.84. The van der Waals surface area contributed by atoms with Gasteiger partial charge in [0.15, 0.2) is 6.61 Å². The van der Waals surface area contributed by atoms with Crippen molar-refractivity contribution < 1.29 is 9.53 Å². The molecular weight excluding hydrogens is 312 g/mol. The first-order chi connectivity index (χ1) is 11.4. The quantitative estimate of drug-likeness (QED) is 0.872. The van der Waals surface area contributed by atoms with Gasteiger partial charge in [-0.25, -0.2) is 0 Å². The molecule has 0 bridgehead atoms. The number of hydrogen-bond acceptors (Lipinski definition) is 3. The van der Waals surface area contributed by atoms with Crippen LogP contribution >= 0.6 is 0 Å². The zero-order valence-corrected chi connectivity index (χ0v) is 16.8. The molecule has 0 saturated carbocycles. The molecule has 1 amide bonds. The molecule has 1 aromatic carbocycles. The molecule has 25 heavy (non-hydrogen) atoms. The third-order valence-electron chi connectivity index (χ3n) is 4.65. The average Bonchev–Trinajstić information content (AvgIpc) is 2.41. The van der Waals surface area contributed by atoms with Crippen LogP contribution in [0.15, 0.2) is 24.3 Å². The lowest BCUT2D eigenvalue weighted by Gasteiger charge is -2.46. The molecule has 4 nitrogen and oxygen atoms in total. The van der Waals surface area contributed by atoms with Crippen LogP contribution in [0.4, 0.5) is 0 Å². The van der Waals surface area contributed by atoms with Gasteiger partial charge in [-0.05, 0) is 63.6 Å². The number of rotatable bonds is 4. The lowest BCUT2D eigenvalue weighted by Crippen LogP contribution is -2.62. The summed E-state index contributed by atoms with van der Waals surface area (Å²) in [4.78, 5) is 12.3. The second-order valence-electron chi connectivity index (χ2n) is 9.63. The summed E-state index contributed by atoms with van der Waals surface area (Å²) in [6, 6.07) is 8.16. The Morgan fingerprint density at radius 2 is 1.64 bits per heavy atom. The maximum Gasteiger partial charge on any atom is 0.258 e. The second kappa shape index (κ2) is 6.99. The number of carbonyl (C=O) groups excluding carboxylic acids is 1. The van der Waals surface area contributed by atoms with Crippen LogP contribution in [0.5, 0.6) is 5.75 Å². The fraction of sp³-hybridized carbons (Fsp3) is 0.667. The van der Waals surface area contributed by atoms with Crippen molar-refractivity contribution in [1.82, 2.24) is 10.6 Å². The van der Waals surface area contributed by atoms with Crippen LogP contribution in [0, 0.1) is 0 Å². The van der Waals surface area contributed by atoms with E-state index in [-0.39, 0.29) is 35.0 Å². The predicted octanol–water partition coefficient (Wildman–Crippen LogP) is 3.79. The Kier molecular flexibility index (Phi) is 5.53. The van der Waals surface area contributed by atoms with E-state index in [4.69, 9.17) is 4.74 Å². The zero-order valence-electron chi connectivity index (χ0n) is 16.8. The van der Waals surface area contributed by atoms with Crippen molar-refractivity contribution in [2.75, 3.05) is 6.61 Å². The predicted molar refractivity (Wildman–Crippen MR) is 103 cm³/mol. The second-order valence-corrected chi connectivity index (χ2v) is 9.63. The van der Waals surface area contributed by atoms with E-state index in [1.165, 1.54) is 5.56 Å². The minimum absolute atomic E-state index is 0.0172. The first-order valence-electron chi connectivity index (χ1n) is 9.18. The van der Waals surface area contributed by atoms with Crippen LogP contribution in [0.25, 0.3) is 0 Å². The Morgan fingerprint density at radius 3 is 2.12 bits per heavy atom. The minimum Gasteiger partial charge on any atom is -0.484 e. The fourth-order valence-corrected chi connectivity index (χ4v) is 3.89. The number of ether oxygens (including phenoxy) is 1. The SMILES string of the molecule is CC1(C)CC(NC(=O)COc2ccc(C(C)(C)C)cc2)CC(C)(C)N1. The lowest BCUT2D eigenvalue weighted by atomic mass is 9.79.